The maximum Gasteiger partial charge on any atom is 0.238 e. The van der Waals surface area contributed by atoms with Crippen molar-refractivity contribution in [2.75, 3.05) is 12.8 Å². The average Bonchev–Trinajstić information content (AvgIpc) is 3.05. The van der Waals surface area contributed by atoms with Crippen LogP contribution < -0.4 is 0 Å². The largest absolute Gasteiger partial charge is 0.361 e. The number of hydrogen-bond donors (Lipinski definition) is 1. The van der Waals surface area contributed by atoms with Gasteiger partial charge in [0.1, 0.15) is 0 Å². The number of hydrogen-bond acceptors (Lipinski definition) is 3. The Labute approximate surface area is 157 Å². The summed E-state index contributed by atoms with van der Waals surface area (Å²) in [7, 11) is -3.52. The summed E-state index contributed by atoms with van der Waals surface area (Å²) in [4.78, 5) is 5.94. The lowest BCUT2D eigenvalue weighted by Crippen LogP contribution is -2.27. The van der Waals surface area contributed by atoms with Crippen molar-refractivity contribution in [2.24, 2.45) is 5.11 Å². The van der Waals surface area contributed by atoms with Crippen molar-refractivity contribution in [3.05, 3.63) is 76.3 Å². The van der Waals surface area contributed by atoms with Crippen molar-refractivity contribution < 1.29 is 8.42 Å². The van der Waals surface area contributed by atoms with E-state index in [-0.39, 0.29) is 6.54 Å². The molecule has 8 heteroatoms. The molecule has 0 radical (unpaired) electrons. The van der Waals surface area contributed by atoms with Crippen LogP contribution in [0.3, 0.4) is 0 Å². The minimum Gasteiger partial charge on any atom is -0.361 e. The maximum atomic E-state index is 12.1. The van der Waals surface area contributed by atoms with Crippen molar-refractivity contribution >= 4 is 26.6 Å². The van der Waals surface area contributed by atoms with Crippen molar-refractivity contribution in [1.82, 2.24) is 9.29 Å². The molecule has 1 aromatic heterocycles. The number of H-pyrrole nitrogens is 1. The second-order valence-electron chi connectivity index (χ2n) is 5.89. The maximum absolute atomic E-state index is 12.1. The SMILES string of the molecule is CS(=O)(=O)N(C#Cc1ccccc1N=[N+]=[N-])CCc1c[nH]c2ccccc12. The Morgan fingerprint density at radius 1 is 1.19 bits per heavy atom. The van der Waals surface area contributed by atoms with Gasteiger partial charge in [-0.1, -0.05) is 41.5 Å². The van der Waals surface area contributed by atoms with Crippen molar-refractivity contribution in [1.29, 1.82) is 0 Å². The minimum atomic E-state index is -3.52. The third-order valence-corrected chi connectivity index (χ3v) is 5.11. The number of para-hydroxylation sites is 1. The lowest BCUT2D eigenvalue weighted by Gasteiger charge is -2.14. The van der Waals surface area contributed by atoms with Crippen LogP contribution in [0.15, 0.2) is 59.8 Å². The van der Waals surface area contributed by atoms with Gasteiger partial charge in [0.25, 0.3) is 0 Å². The topological polar surface area (TPSA) is 102 Å². The molecular weight excluding hydrogens is 362 g/mol. The highest BCUT2D eigenvalue weighted by Crippen LogP contribution is 2.19. The predicted molar refractivity (Wildman–Crippen MR) is 106 cm³/mol. The molecule has 0 saturated heterocycles. The van der Waals surface area contributed by atoms with E-state index in [4.69, 9.17) is 5.53 Å². The number of azide groups is 1. The Hall–Kier alpha value is -3.40. The summed E-state index contributed by atoms with van der Waals surface area (Å²) in [6, 6.07) is 17.3. The van der Waals surface area contributed by atoms with Crippen LogP contribution >= 0.6 is 0 Å². The Bertz CT molecular complexity index is 1180. The normalized spacial score (nSPS) is 10.7. The van der Waals surface area contributed by atoms with E-state index < -0.39 is 10.0 Å². The van der Waals surface area contributed by atoms with E-state index in [1.54, 1.807) is 24.3 Å². The number of rotatable bonds is 5. The molecule has 1 heterocycles. The van der Waals surface area contributed by atoms with Crippen molar-refractivity contribution in [3.63, 3.8) is 0 Å². The first-order valence-electron chi connectivity index (χ1n) is 8.17. The third kappa shape index (κ3) is 4.42. The number of sulfonamides is 1. The van der Waals surface area contributed by atoms with Gasteiger partial charge in [-0.3, -0.25) is 0 Å². The zero-order valence-electron chi connectivity index (χ0n) is 14.6. The molecular formula is C19H17N5O2S. The number of aromatic nitrogens is 1. The molecule has 0 aliphatic carbocycles. The van der Waals surface area contributed by atoms with Gasteiger partial charge >= 0.3 is 0 Å². The van der Waals surface area contributed by atoms with Gasteiger partial charge in [0.15, 0.2) is 0 Å². The van der Waals surface area contributed by atoms with E-state index in [0.717, 1.165) is 27.0 Å². The minimum absolute atomic E-state index is 0.220. The molecule has 0 spiro atoms. The second-order valence-corrected chi connectivity index (χ2v) is 7.79. The van der Waals surface area contributed by atoms with Crippen LogP contribution in [-0.4, -0.2) is 30.5 Å². The highest BCUT2D eigenvalue weighted by Gasteiger charge is 2.14. The van der Waals surface area contributed by atoms with Crippen LogP contribution in [0.4, 0.5) is 5.69 Å². The summed E-state index contributed by atoms with van der Waals surface area (Å²) in [5, 5.41) is 4.64. The second kappa shape index (κ2) is 7.87. The summed E-state index contributed by atoms with van der Waals surface area (Å²) in [5.41, 5.74) is 11.5. The Morgan fingerprint density at radius 3 is 2.70 bits per heavy atom. The molecule has 136 valence electrons. The molecule has 0 bridgehead atoms. The summed E-state index contributed by atoms with van der Waals surface area (Å²) >= 11 is 0. The lowest BCUT2D eigenvalue weighted by molar-refractivity contribution is 0.519. The number of aromatic amines is 1. The van der Waals surface area contributed by atoms with E-state index in [2.05, 4.69) is 27.0 Å². The quantitative estimate of drug-likeness (QED) is 0.239. The lowest BCUT2D eigenvalue weighted by atomic mass is 10.1. The Balaban J connectivity index is 1.85. The van der Waals surface area contributed by atoms with Crippen LogP contribution in [-0.2, 0) is 16.4 Å². The van der Waals surface area contributed by atoms with Gasteiger partial charge in [-0.2, -0.15) is 0 Å². The predicted octanol–water partition coefficient (Wildman–Crippen LogP) is 3.92. The fraction of sp³-hybridized carbons (Fsp3) is 0.158. The smallest absolute Gasteiger partial charge is 0.238 e. The Kier molecular flexibility index (Phi) is 5.36. The van der Waals surface area contributed by atoms with E-state index in [9.17, 15) is 8.42 Å². The van der Waals surface area contributed by atoms with E-state index in [1.807, 2.05) is 30.5 Å². The van der Waals surface area contributed by atoms with E-state index in [1.165, 1.54) is 0 Å². The third-order valence-electron chi connectivity index (χ3n) is 4.03. The fourth-order valence-electron chi connectivity index (χ4n) is 2.70. The van der Waals surface area contributed by atoms with Crippen LogP contribution in [0.2, 0.25) is 0 Å². The highest BCUT2D eigenvalue weighted by molar-refractivity contribution is 7.88. The molecule has 0 atom stereocenters. The highest BCUT2D eigenvalue weighted by atomic mass is 32.2. The average molecular weight is 379 g/mol. The monoisotopic (exact) mass is 379 g/mol. The molecule has 0 amide bonds. The van der Waals surface area contributed by atoms with Gasteiger partial charge in [0, 0.05) is 40.2 Å². The number of fused-ring (bicyclic) bond motifs is 1. The standard InChI is InChI=1S/C19H17N5O2S/c1-27(25,26)24(12-10-15-6-2-4-8-18(15)22-23-20)13-11-16-14-21-19-9-5-3-7-17(16)19/h2-9,14,21H,11,13H2,1H3. The van der Waals surface area contributed by atoms with Gasteiger partial charge in [-0.05, 0) is 35.6 Å². The summed E-state index contributed by atoms with van der Waals surface area (Å²) in [6.45, 7) is 0.220. The molecule has 3 aromatic rings. The van der Waals surface area contributed by atoms with E-state index >= 15 is 0 Å². The van der Waals surface area contributed by atoms with Crippen molar-refractivity contribution in [2.45, 2.75) is 6.42 Å². The molecule has 2 aromatic carbocycles. The molecule has 0 unspecified atom stereocenters. The van der Waals surface area contributed by atoms with Crippen LogP contribution in [0.1, 0.15) is 11.1 Å². The summed E-state index contributed by atoms with van der Waals surface area (Å²) < 4.78 is 25.4. The summed E-state index contributed by atoms with van der Waals surface area (Å²) in [5.74, 6) is 2.80. The number of benzene rings is 2. The van der Waals surface area contributed by atoms with Gasteiger partial charge in [0.05, 0.1) is 11.9 Å². The first-order chi connectivity index (χ1) is 13.0. The van der Waals surface area contributed by atoms with Gasteiger partial charge < -0.3 is 4.98 Å². The zero-order chi connectivity index (χ0) is 19.3. The molecule has 0 saturated carbocycles. The molecule has 27 heavy (non-hydrogen) atoms. The van der Waals surface area contributed by atoms with Gasteiger partial charge in [-0.25, -0.2) is 12.7 Å². The number of nitrogens with zero attached hydrogens (tertiary/aromatic N) is 4. The van der Waals surface area contributed by atoms with Crippen LogP contribution in [0.25, 0.3) is 21.3 Å². The first kappa shape index (κ1) is 18.4. The van der Waals surface area contributed by atoms with Gasteiger partial charge in [0.2, 0.25) is 10.0 Å². The molecule has 0 aliphatic rings. The zero-order valence-corrected chi connectivity index (χ0v) is 15.4. The molecule has 1 N–H and O–H groups in total. The van der Waals surface area contributed by atoms with Gasteiger partial charge in [-0.15, -0.1) is 0 Å². The van der Waals surface area contributed by atoms with Crippen LogP contribution in [0, 0.1) is 12.0 Å². The molecule has 0 fully saturated rings. The summed E-state index contributed by atoms with van der Waals surface area (Å²) in [6.07, 6.45) is 3.52. The fourth-order valence-corrected chi connectivity index (χ4v) is 3.34. The molecule has 7 nitrogen and oxygen atoms in total. The molecule has 0 aliphatic heterocycles. The van der Waals surface area contributed by atoms with Crippen molar-refractivity contribution in [3.8, 4) is 12.0 Å². The first-order valence-corrected chi connectivity index (χ1v) is 10.0. The molecule has 3 rings (SSSR count). The van der Waals surface area contributed by atoms with E-state index in [0.29, 0.717) is 17.7 Å². The van der Waals surface area contributed by atoms with Crippen LogP contribution in [0.5, 0.6) is 0 Å². The Morgan fingerprint density at radius 2 is 1.93 bits per heavy atom. The number of nitrogens with one attached hydrogen (secondary N) is 1.